The van der Waals surface area contributed by atoms with E-state index in [4.69, 9.17) is 0 Å². The Bertz CT molecular complexity index is 914. The Labute approximate surface area is 163 Å². The van der Waals surface area contributed by atoms with Crippen molar-refractivity contribution in [3.63, 3.8) is 0 Å². The van der Waals surface area contributed by atoms with Gasteiger partial charge >= 0.3 is 0 Å². The Balaban J connectivity index is 1.85. The van der Waals surface area contributed by atoms with E-state index in [2.05, 4.69) is 41.8 Å². The van der Waals surface area contributed by atoms with Crippen LogP contribution >= 0.6 is 11.8 Å². The van der Waals surface area contributed by atoms with Crippen molar-refractivity contribution in [2.45, 2.75) is 26.8 Å². The van der Waals surface area contributed by atoms with Crippen LogP contribution in [-0.4, -0.2) is 11.1 Å². The number of rotatable bonds is 6. The second-order valence-electron chi connectivity index (χ2n) is 6.18. The Morgan fingerprint density at radius 3 is 2.44 bits per heavy atom. The normalized spacial score (nSPS) is 15.6. The SMILES string of the molecule is C/C=C\c1c(/C=C2\SC(=O)NC2=O)cccc1NCc1ccc(CC)cc1. The number of anilines is 1. The number of imide groups is 1. The highest BCUT2D eigenvalue weighted by atomic mass is 32.2. The summed E-state index contributed by atoms with van der Waals surface area (Å²) in [5.74, 6) is -0.342. The van der Waals surface area contributed by atoms with Gasteiger partial charge in [-0.2, -0.15) is 0 Å². The number of thioether (sulfide) groups is 1. The van der Waals surface area contributed by atoms with Crippen LogP contribution in [0, 0.1) is 0 Å². The lowest BCUT2D eigenvalue weighted by Crippen LogP contribution is -2.17. The number of carbonyl (C=O) groups is 2. The van der Waals surface area contributed by atoms with Gasteiger partial charge in [-0.3, -0.25) is 14.9 Å². The third kappa shape index (κ3) is 4.68. The molecule has 1 saturated heterocycles. The van der Waals surface area contributed by atoms with E-state index in [1.807, 2.05) is 37.3 Å². The Morgan fingerprint density at radius 1 is 1.07 bits per heavy atom. The molecule has 138 valence electrons. The molecular weight excluding hydrogens is 356 g/mol. The third-order valence-electron chi connectivity index (χ3n) is 4.32. The predicted octanol–water partition coefficient (Wildman–Crippen LogP) is 5.22. The molecule has 2 aromatic carbocycles. The monoisotopic (exact) mass is 378 g/mol. The zero-order chi connectivity index (χ0) is 19.2. The first-order chi connectivity index (χ1) is 13.1. The van der Waals surface area contributed by atoms with Crippen molar-refractivity contribution < 1.29 is 9.59 Å². The molecule has 1 fully saturated rings. The van der Waals surface area contributed by atoms with Crippen molar-refractivity contribution in [3.05, 3.63) is 75.7 Å². The minimum Gasteiger partial charge on any atom is -0.380 e. The van der Waals surface area contributed by atoms with E-state index in [9.17, 15) is 9.59 Å². The first kappa shape index (κ1) is 19.0. The van der Waals surface area contributed by atoms with Crippen molar-refractivity contribution in [2.75, 3.05) is 5.32 Å². The first-order valence-corrected chi connectivity index (χ1v) is 9.74. The van der Waals surface area contributed by atoms with Crippen molar-refractivity contribution >= 4 is 40.7 Å². The molecule has 0 aromatic heterocycles. The Kier molecular flexibility index (Phi) is 6.14. The van der Waals surface area contributed by atoms with Crippen LogP contribution in [-0.2, 0) is 17.8 Å². The minimum atomic E-state index is -0.342. The lowest BCUT2D eigenvalue weighted by molar-refractivity contribution is -0.115. The largest absolute Gasteiger partial charge is 0.380 e. The molecule has 0 saturated carbocycles. The highest BCUT2D eigenvalue weighted by Gasteiger charge is 2.25. The van der Waals surface area contributed by atoms with Crippen LogP contribution in [0.2, 0.25) is 0 Å². The zero-order valence-corrected chi connectivity index (χ0v) is 16.2. The number of carbonyl (C=O) groups excluding carboxylic acids is 2. The van der Waals surface area contributed by atoms with Crippen LogP contribution in [0.1, 0.15) is 36.1 Å². The zero-order valence-electron chi connectivity index (χ0n) is 15.4. The second-order valence-corrected chi connectivity index (χ2v) is 7.20. The van der Waals surface area contributed by atoms with Gasteiger partial charge in [-0.1, -0.05) is 55.5 Å². The highest BCUT2D eigenvalue weighted by Crippen LogP contribution is 2.30. The van der Waals surface area contributed by atoms with Gasteiger partial charge in [0, 0.05) is 17.8 Å². The summed E-state index contributed by atoms with van der Waals surface area (Å²) in [4.78, 5) is 23.7. The van der Waals surface area contributed by atoms with Gasteiger partial charge in [-0.25, -0.2) is 0 Å². The summed E-state index contributed by atoms with van der Waals surface area (Å²) >= 11 is 0.932. The fourth-order valence-electron chi connectivity index (χ4n) is 2.87. The highest BCUT2D eigenvalue weighted by molar-refractivity contribution is 8.18. The number of nitrogens with one attached hydrogen (secondary N) is 2. The Morgan fingerprint density at radius 2 is 1.81 bits per heavy atom. The molecule has 4 nitrogen and oxygen atoms in total. The molecule has 27 heavy (non-hydrogen) atoms. The van der Waals surface area contributed by atoms with Gasteiger partial charge in [-0.15, -0.1) is 0 Å². The van der Waals surface area contributed by atoms with Crippen molar-refractivity contribution in [2.24, 2.45) is 0 Å². The maximum absolute atomic E-state index is 11.9. The van der Waals surface area contributed by atoms with Crippen LogP contribution < -0.4 is 10.6 Å². The Hall–Kier alpha value is -2.79. The van der Waals surface area contributed by atoms with Crippen LogP contribution in [0.5, 0.6) is 0 Å². The quantitative estimate of drug-likeness (QED) is 0.677. The van der Waals surface area contributed by atoms with E-state index in [0.29, 0.717) is 11.4 Å². The molecule has 2 amide bonds. The van der Waals surface area contributed by atoms with Crippen molar-refractivity contribution in [1.82, 2.24) is 5.32 Å². The molecule has 2 N–H and O–H groups in total. The summed E-state index contributed by atoms with van der Waals surface area (Å²) in [7, 11) is 0. The van der Waals surface area contributed by atoms with Gasteiger partial charge in [0.05, 0.1) is 4.91 Å². The first-order valence-electron chi connectivity index (χ1n) is 8.93. The van der Waals surface area contributed by atoms with Crippen molar-refractivity contribution in [1.29, 1.82) is 0 Å². The molecule has 3 rings (SSSR count). The van der Waals surface area contributed by atoms with Crippen LogP contribution in [0.25, 0.3) is 12.2 Å². The number of hydrogen-bond acceptors (Lipinski definition) is 4. The molecule has 1 heterocycles. The molecule has 5 heteroatoms. The maximum atomic E-state index is 11.9. The van der Waals surface area contributed by atoms with Crippen LogP contribution in [0.15, 0.2) is 53.4 Å². The van der Waals surface area contributed by atoms with E-state index in [1.54, 1.807) is 6.08 Å². The summed E-state index contributed by atoms with van der Waals surface area (Å²) in [5, 5.41) is 5.44. The van der Waals surface area contributed by atoms with Gasteiger partial charge < -0.3 is 5.32 Å². The summed E-state index contributed by atoms with van der Waals surface area (Å²) in [6.45, 7) is 4.81. The molecule has 0 aliphatic carbocycles. The molecule has 1 aliphatic rings. The van der Waals surface area contributed by atoms with E-state index >= 15 is 0 Å². The summed E-state index contributed by atoms with van der Waals surface area (Å²) in [6.07, 6.45) is 6.77. The smallest absolute Gasteiger partial charge is 0.290 e. The van der Waals surface area contributed by atoms with Gasteiger partial charge in [0.25, 0.3) is 11.1 Å². The second kappa shape index (κ2) is 8.73. The lowest BCUT2D eigenvalue weighted by atomic mass is 10.0. The van der Waals surface area contributed by atoms with E-state index in [-0.39, 0.29) is 11.1 Å². The molecule has 0 atom stereocenters. The van der Waals surface area contributed by atoms with E-state index in [0.717, 1.165) is 35.0 Å². The number of aryl methyl sites for hydroxylation is 1. The fourth-order valence-corrected chi connectivity index (χ4v) is 3.54. The lowest BCUT2D eigenvalue weighted by Gasteiger charge is -2.13. The minimum absolute atomic E-state index is 0.330. The predicted molar refractivity (Wildman–Crippen MR) is 113 cm³/mol. The summed E-state index contributed by atoms with van der Waals surface area (Å²) in [6, 6.07) is 14.5. The van der Waals surface area contributed by atoms with E-state index < -0.39 is 0 Å². The molecule has 0 spiro atoms. The molecular formula is C22H22N2O2S. The molecule has 0 bridgehead atoms. The number of allylic oxidation sites excluding steroid dienone is 1. The molecule has 1 aliphatic heterocycles. The van der Waals surface area contributed by atoms with Crippen LogP contribution in [0.3, 0.4) is 0 Å². The van der Waals surface area contributed by atoms with Gasteiger partial charge in [0.15, 0.2) is 0 Å². The van der Waals surface area contributed by atoms with Gasteiger partial charge in [0.2, 0.25) is 0 Å². The molecule has 0 unspecified atom stereocenters. The number of hydrogen-bond donors (Lipinski definition) is 2. The summed E-state index contributed by atoms with van der Waals surface area (Å²) < 4.78 is 0. The van der Waals surface area contributed by atoms with Gasteiger partial charge in [0.1, 0.15) is 0 Å². The molecule has 2 aromatic rings. The summed E-state index contributed by atoms with van der Waals surface area (Å²) in [5.41, 5.74) is 5.40. The average molecular weight is 378 g/mol. The van der Waals surface area contributed by atoms with Crippen LogP contribution in [0.4, 0.5) is 10.5 Å². The number of benzene rings is 2. The molecule has 0 radical (unpaired) electrons. The topological polar surface area (TPSA) is 58.2 Å². The third-order valence-corrected chi connectivity index (χ3v) is 5.13. The fraction of sp³-hybridized carbons (Fsp3) is 0.182. The van der Waals surface area contributed by atoms with Gasteiger partial charge in [-0.05, 0) is 53.9 Å². The van der Waals surface area contributed by atoms with Crippen molar-refractivity contribution in [3.8, 4) is 0 Å². The van der Waals surface area contributed by atoms with E-state index in [1.165, 1.54) is 11.1 Å². The average Bonchev–Trinajstić information content (AvgIpc) is 2.99. The number of amides is 2. The maximum Gasteiger partial charge on any atom is 0.290 e. The standard InChI is InChI=1S/C22H22N2O2S/c1-3-6-18-17(13-20-21(25)24-22(26)27-20)7-5-8-19(18)23-14-16-11-9-15(4-2)10-12-16/h3,5-13,23H,4,14H2,1-2H3,(H,24,25,26)/b6-3-,20-13-.